The zero-order chi connectivity index (χ0) is 51.0. The third kappa shape index (κ3) is 10.3. The van der Waals surface area contributed by atoms with E-state index in [0.29, 0.717) is 108 Å². The number of morpholine rings is 1. The number of nitrogens with zero attached hydrogens (tertiary/aromatic N) is 6. The van der Waals surface area contributed by atoms with Gasteiger partial charge in [0.1, 0.15) is 30.3 Å². The summed E-state index contributed by atoms with van der Waals surface area (Å²) >= 11 is 1.34. The molecule has 0 radical (unpaired) electrons. The van der Waals surface area contributed by atoms with Crippen LogP contribution in [0.25, 0.3) is 33.4 Å². The molecular formula is C53H66F3N9O7S. The first-order chi connectivity index (χ1) is 35.0. The number of likely N-dealkylation sites (tertiary alicyclic amines) is 1. The van der Waals surface area contributed by atoms with Crippen LogP contribution >= 0.6 is 11.3 Å². The number of hydrogen-bond acceptors (Lipinski definition) is 13. The van der Waals surface area contributed by atoms with Crippen LogP contribution < -0.4 is 16.1 Å². The van der Waals surface area contributed by atoms with E-state index < -0.39 is 59.8 Å². The molecule has 6 fully saturated rings. The van der Waals surface area contributed by atoms with Gasteiger partial charge < -0.3 is 29.0 Å². The van der Waals surface area contributed by atoms with Crippen LogP contribution in [0.2, 0.25) is 0 Å². The molecule has 392 valence electrons. The Labute approximate surface area is 427 Å². The number of hydrogen-bond donors (Lipinski definition) is 3. The van der Waals surface area contributed by atoms with Gasteiger partial charge in [0.15, 0.2) is 0 Å². The van der Waals surface area contributed by atoms with Crippen molar-refractivity contribution in [3.63, 3.8) is 0 Å². The van der Waals surface area contributed by atoms with Gasteiger partial charge in [-0.1, -0.05) is 32.8 Å². The first-order valence-corrected chi connectivity index (χ1v) is 27.0. The van der Waals surface area contributed by atoms with Crippen molar-refractivity contribution in [1.82, 2.24) is 45.4 Å². The van der Waals surface area contributed by atoms with Crippen LogP contribution in [0.4, 0.5) is 13.2 Å². The Morgan fingerprint density at radius 2 is 1.84 bits per heavy atom. The third-order valence-corrected chi connectivity index (χ3v) is 17.1. The van der Waals surface area contributed by atoms with Gasteiger partial charge in [0.05, 0.1) is 60.5 Å². The zero-order valence-corrected chi connectivity index (χ0v) is 42.8. The number of aromatic nitrogens is 3. The number of ether oxygens (including phenoxy) is 3. The summed E-state index contributed by atoms with van der Waals surface area (Å²) in [5.41, 5.74) is 5.37. The molecule has 7 aliphatic rings. The fourth-order valence-corrected chi connectivity index (χ4v) is 13.2. The van der Waals surface area contributed by atoms with Gasteiger partial charge in [-0.05, 0) is 93.5 Å². The number of cyclic esters (lactones) is 1. The van der Waals surface area contributed by atoms with E-state index in [1.54, 1.807) is 37.4 Å². The molecule has 4 saturated heterocycles. The lowest BCUT2D eigenvalue weighted by atomic mass is 9.84. The maximum Gasteiger partial charge on any atom is 0.406 e. The van der Waals surface area contributed by atoms with Gasteiger partial charge in [0.2, 0.25) is 11.8 Å². The van der Waals surface area contributed by atoms with Crippen molar-refractivity contribution in [2.75, 3.05) is 53.0 Å². The van der Waals surface area contributed by atoms with E-state index in [4.69, 9.17) is 19.2 Å². The molecule has 5 aliphatic heterocycles. The van der Waals surface area contributed by atoms with Gasteiger partial charge in [-0.15, -0.1) is 11.3 Å². The molecule has 16 nitrogen and oxygen atoms in total. The molecule has 0 unspecified atom stereocenters. The van der Waals surface area contributed by atoms with Crippen molar-refractivity contribution in [3.8, 4) is 22.5 Å². The van der Waals surface area contributed by atoms with E-state index in [-0.39, 0.29) is 49.3 Å². The number of carbonyl (C=O) groups is 4. The number of methoxy groups -OCH3 is 1. The molecule has 4 aromatic rings. The number of hydrazine groups is 1. The summed E-state index contributed by atoms with van der Waals surface area (Å²) < 4.78 is 63.7. The molecule has 3 aromatic heterocycles. The van der Waals surface area contributed by atoms with Gasteiger partial charge in [-0.25, -0.2) is 10.4 Å². The van der Waals surface area contributed by atoms with E-state index in [9.17, 15) is 27.6 Å². The summed E-state index contributed by atoms with van der Waals surface area (Å²) in [6.07, 6.45) is 3.74. The predicted octanol–water partition coefficient (Wildman–Crippen LogP) is 5.97. The van der Waals surface area contributed by atoms with Crippen molar-refractivity contribution in [1.29, 1.82) is 0 Å². The topological polar surface area (TPSA) is 182 Å². The minimum Gasteiger partial charge on any atom is -0.464 e. The second-order valence-electron chi connectivity index (χ2n) is 22.4. The van der Waals surface area contributed by atoms with Gasteiger partial charge in [0.25, 0.3) is 5.91 Å². The summed E-state index contributed by atoms with van der Waals surface area (Å²) in [6.45, 7) is 6.99. The van der Waals surface area contributed by atoms with Crippen LogP contribution in [-0.2, 0) is 52.8 Å². The molecule has 6 atom stereocenters. The Bertz CT molecular complexity index is 2770. The summed E-state index contributed by atoms with van der Waals surface area (Å²) in [5, 5.41) is 11.1. The second-order valence-corrected chi connectivity index (χ2v) is 23.4. The first kappa shape index (κ1) is 50.2. The van der Waals surface area contributed by atoms with Crippen LogP contribution in [0.1, 0.15) is 94.5 Å². The number of alkyl halides is 3. The average molecular weight is 1030 g/mol. The number of benzene rings is 1. The van der Waals surface area contributed by atoms with E-state index in [2.05, 4.69) is 25.9 Å². The van der Waals surface area contributed by atoms with Crippen LogP contribution in [-0.4, -0.2) is 148 Å². The molecule has 1 aromatic carbocycles. The zero-order valence-electron chi connectivity index (χ0n) is 42.0. The predicted molar refractivity (Wildman–Crippen MR) is 266 cm³/mol. The van der Waals surface area contributed by atoms with Crippen LogP contribution in [0.3, 0.4) is 0 Å². The summed E-state index contributed by atoms with van der Waals surface area (Å²) in [7, 11) is 1.53. The van der Waals surface area contributed by atoms with Crippen molar-refractivity contribution >= 4 is 45.9 Å². The Balaban J connectivity index is 0.926. The molecule has 8 heterocycles. The third-order valence-electron chi connectivity index (χ3n) is 16.2. The van der Waals surface area contributed by atoms with Gasteiger partial charge in [0, 0.05) is 78.2 Å². The standard InChI is InChI=1S/C53H66F3N9O7S/c1-30(70-4)42-34(11-7-17-57-42)46-36-23-51(2,3)29-71-50(69)37-12-8-18-65(61-37)48(67)38(22-41-58-39(24-73-41)33-15-16-40(35(36)21-33)64(46)28-53(54,55)56)59-47(66)45(32-9-5-6-10-32)62-19-20-72-52(25-62)26-63(27-52)49(68)44-43(60-44)31-13-14-31/h7,11,15-17,21,24,30-32,37-38,43-45,60-61H,5-6,8-10,12-14,18-20,22-23,25-29H2,1-4H3,(H,59,66)/t30-,37-,38-,43+,44+,45-/m0/s1. The number of nitrogens with one attached hydrogen (secondary N) is 3. The molecule has 2 aliphatic carbocycles. The Hall–Kier alpha value is -4.99. The molecular weight excluding hydrogens is 964 g/mol. The molecule has 20 heteroatoms. The minimum absolute atomic E-state index is 0.0519. The number of pyridine rings is 1. The summed E-state index contributed by atoms with van der Waals surface area (Å²) in [4.78, 5) is 71.1. The number of amides is 3. The number of thiazole rings is 1. The largest absolute Gasteiger partial charge is 0.464 e. The van der Waals surface area contributed by atoms with Crippen molar-refractivity contribution in [2.45, 2.75) is 140 Å². The molecule has 73 heavy (non-hydrogen) atoms. The lowest BCUT2D eigenvalue weighted by molar-refractivity contribution is -0.197. The minimum atomic E-state index is -4.58. The highest BCUT2D eigenvalue weighted by Gasteiger charge is 2.57. The highest BCUT2D eigenvalue weighted by molar-refractivity contribution is 7.10. The lowest BCUT2D eigenvalue weighted by Gasteiger charge is -2.55. The monoisotopic (exact) mass is 1030 g/mol. The molecule has 3 N–H and O–H groups in total. The van der Waals surface area contributed by atoms with E-state index in [0.717, 1.165) is 25.7 Å². The van der Waals surface area contributed by atoms with Crippen LogP contribution in [0, 0.1) is 17.3 Å². The average Bonchev–Trinajstić information content (AvgIpc) is 4.24. The van der Waals surface area contributed by atoms with E-state index >= 15 is 4.79 Å². The van der Waals surface area contributed by atoms with Gasteiger partial charge in [-0.2, -0.15) is 13.2 Å². The number of esters is 1. The Morgan fingerprint density at radius 1 is 1.04 bits per heavy atom. The SMILES string of the molecule is CO[C@@H](C)c1ncccc1-c1c2c3cc(ccc3n1CC(F)(F)F)-c1csc(n1)C[C@H](NC(=O)[C@H](C1CCCC1)N1CCOC3(CN(C(=O)[C@@H]4N[C@@H]4C4CC4)C3)C1)C(=O)N1CCC[C@H](N1)C(=O)OCC(C)(C)C2. The summed E-state index contributed by atoms with van der Waals surface area (Å²) in [5.74, 6) is -0.432. The molecule has 11 rings (SSSR count). The highest BCUT2D eigenvalue weighted by Crippen LogP contribution is 2.45. The van der Waals surface area contributed by atoms with Crippen molar-refractivity contribution in [2.24, 2.45) is 17.3 Å². The first-order valence-electron chi connectivity index (χ1n) is 26.1. The van der Waals surface area contributed by atoms with E-state index in [1.165, 1.54) is 40.9 Å². The van der Waals surface area contributed by atoms with Gasteiger partial charge >= 0.3 is 12.1 Å². The smallest absolute Gasteiger partial charge is 0.406 e. The number of rotatable bonds is 10. The van der Waals surface area contributed by atoms with Crippen molar-refractivity contribution in [3.05, 3.63) is 58.2 Å². The molecule has 3 amide bonds. The highest BCUT2D eigenvalue weighted by atomic mass is 32.1. The second kappa shape index (κ2) is 19.6. The fraction of sp³-hybridized carbons (Fsp3) is 0.623. The quantitative estimate of drug-likeness (QED) is 0.125. The van der Waals surface area contributed by atoms with Crippen molar-refractivity contribution < 1.29 is 46.6 Å². The maximum absolute atomic E-state index is 15.1. The van der Waals surface area contributed by atoms with Crippen LogP contribution in [0.15, 0.2) is 41.9 Å². The number of halogens is 3. The lowest BCUT2D eigenvalue weighted by Crippen LogP contribution is -2.73. The van der Waals surface area contributed by atoms with Crippen LogP contribution in [0.5, 0.6) is 0 Å². The van der Waals surface area contributed by atoms with Gasteiger partial charge in [-0.3, -0.25) is 39.4 Å². The molecule has 2 saturated carbocycles. The Morgan fingerprint density at radius 3 is 2.59 bits per heavy atom. The Kier molecular flexibility index (Phi) is 13.5. The normalized spacial score (nSPS) is 26.6. The number of fused-ring (bicyclic) bond motifs is 6. The molecule has 6 bridgehead atoms. The fourth-order valence-electron chi connectivity index (χ4n) is 12.3. The number of carbonyl (C=O) groups excluding carboxylic acids is 4. The maximum atomic E-state index is 15.1. The van der Waals surface area contributed by atoms with E-state index in [1.807, 2.05) is 30.2 Å². The summed E-state index contributed by atoms with van der Waals surface area (Å²) in [6, 6.07) is 6.52. The molecule has 1 spiro atoms.